The molecule has 1 aromatic heterocycles. The van der Waals surface area contributed by atoms with Gasteiger partial charge in [0.2, 0.25) is 0 Å². The first-order valence-corrected chi connectivity index (χ1v) is 7.21. The molecular weight excluding hydrogens is 240 g/mol. The Labute approximate surface area is 113 Å². The van der Waals surface area contributed by atoms with Gasteiger partial charge in [0.25, 0.3) is 0 Å². The molecule has 1 N–H and O–H groups in total. The largest absolute Gasteiger partial charge is 0.312 e. The Hall–Kier alpha value is -1.19. The van der Waals surface area contributed by atoms with Crippen molar-refractivity contribution >= 4 is 11.3 Å². The Bertz CT molecular complexity index is 471. The van der Waals surface area contributed by atoms with E-state index in [1.807, 2.05) is 11.6 Å². The van der Waals surface area contributed by atoms with Crippen LogP contribution in [-0.4, -0.2) is 11.5 Å². The van der Waals surface area contributed by atoms with Crippen LogP contribution in [0.4, 0.5) is 0 Å². The van der Waals surface area contributed by atoms with E-state index in [4.69, 9.17) is 0 Å². The van der Waals surface area contributed by atoms with Crippen LogP contribution in [0.2, 0.25) is 0 Å². The molecule has 0 aliphatic carbocycles. The molecular formula is C15H20N2S. The lowest BCUT2D eigenvalue weighted by Gasteiger charge is -2.13. The molecule has 2 aromatic rings. The highest BCUT2D eigenvalue weighted by Crippen LogP contribution is 2.17. The Balaban J connectivity index is 1.89. The number of nitrogens with one attached hydrogen (secondary N) is 1. The van der Waals surface area contributed by atoms with Gasteiger partial charge in [0, 0.05) is 30.6 Å². The molecule has 96 valence electrons. The Kier molecular flexibility index (Phi) is 4.50. The van der Waals surface area contributed by atoms with Gasteiger partial charge in [-0.25, -0.2) is 4.98 Å². The second kappa shape index (κ2) is 6.12. The molecule has 0 spiro atoms. The average molecular weight is 260 g/mol. The molecule has 2 nitrogen and oxygen atoms in total. The normalized spacial score (nSPS) is 12.6. The SMILES string of the molecule is Cc1cccc(C)c1CNCC(C)c1nccs1. The van der Waals surface area contributed by atoms with Gasteiger partial charge in [0.05, 0.1) is 5.01 Å². The summed E-state index contributed by atoms with van der Waals surface area (Å²) in [5.74, 6) is 0.481. The van der Waals surface area contributed by atoms with Crippen molar-refractivity contribution in [1.29, 1.82) is 0 Å². The molecule has 0 fully saturated rings. The summed E-state index contributed by atoms with van der Waals surface area (Å²) < 4.78 is 0. The van der Waals surface area contributed by atoms with Crippen molar-refractivity contribution in [3.8, 4) is 0 Å². The number of hydrogen-bond donors (Lipinski definition) is 1. The summed E-state index contributed by atoms with van der Waals surface area (Å²) in [6.07, 6.45) is 1.88. The van der Waals surface area contributed by atoms with Crippen LogP contribution in [0.15, 0.2) is 29.8 Å². The summed E-state index contributed by atoms with van der Waals surface area (Å²) in [5, 5.41) is 6.79. The van der Waals surface area contributed by atoms with Crippen molar-refractivity contribution in [3.63, 3.8) is 0 Å². The summed E-state index contributed by atoms with van der Waals surface area (Å²) in [6, 6.07) is 6.47. The molecule has 0 saturated heterocycles. The standard InChI is InChI=1S/C15H20N2S/c1-11-5-4-6-12(2)14(11)10-16-9-13(3)15-17-7-8-18-15/h4-8,13,16H,9-10H2,1-3H3. The minimum atomic E-state index is 0.481. The van der Waals surface area contributed by atoms with Crippen LogP contribution in [0.25, 0.3) is 0 Å². The van der Waals surface area contributed by atoms with Gasteiger partial charge < -0.3 is 5.32 Å². The van der Waals surface area contributed by atoms with Gasteiger partial charge >= 0.3 is 0 Å². The van der Waals surface area contributed by atoms with Crippen molar-refractivity contribution in [2.24, 2.45) is 0 Å². The number of rotatable bonds is 5. The van der Waals surface area contributed by atoms with Crippen LogP contribution in [0.1, 0.15) is 34.5 Å². The lowest BCUT2D eigenvalue weighted by atomic mass is 10.0. The third kappa shape index (κ3) is 3.18. The van der Waals surface area contributed by atoms with E-state index in [0.29, 0.717) is 5.92 Å². The van der Waals surface area contributed by atoms with Crippen molar-refractivity contribution in [2.45, 2.75) is 33.2 Å². The van der Waals surface area contributed by atoms with E-state index in [9.17, 15) is 0 Å². The molecule has 0 aliphatic rings. The van der Waals surface area contributed by atoms with Gasteiger partial charge in [-0.2, -0.15) is 0 Å². The Morgan fingerprint density at radius 2 is 2.00 bits per heavy atom. The number of aryl methyl sites for hydroxylation is 2. The van der Waals surface area contributed by atoms with Gasteiger partial charge in [-0.05, 0) is 30.5 Å². The minimum absolute atomic E-state index is 0.481. The smallest absolute Gasteiger partial charge is 0.0965 e. The van der Waals surface area contributed by atoms with E-state index in [2.05, 4.69) is 49.3 Å². The summed E-state index contributed by atoms with van der Waals surface area (Å²) in [6.45, 7) is 8.48. The highest BCUT2D eigenvalue weighted by Gasteiger charge is 2.08. The van der Waals surface area contributed by atoms with Gasteiger partial charge in [0.1, 0.15) is 0 Å². The average Bonchev–Trinajstić information content (AvgIpc) is 2.86. The van der Waals surface area contributed by atoms with Gasteiger partial charge in [-0.3, -0.25) is 0 Å². The number of nitrogens with zero attached hydrogens (tertiary/aromatic N) is 1. The van der Waals surface area contributed by atoms with Crippen LogP contribution >= 0.6 is 11.3 Å². The van der Waals surface area contributed by atoms with Crippen molar-refractivity contribution in [2.75, 3.05) is 6.54 Å². The number of hydrogen-bond acceptors (Lipinski definition) is 3. The fourth-order valence-electron chi connectivity index (χ4n) is 2.11. The van der Waals surface area contributed by atoms with Crippen molar-refractivity contribution in [3.05, 3.63) is 51.5 Å². The first kappa shape index (κ1) is 13.2. The first-order chi connectivity index (χ1) is 8.68. The summed E-state index contributed by atoms with van der Waals surface area (Å²) in [4.78, 5) is 4.36. The zero-order chi connectivity index (χ0) is 13.0. The minimum Gasteiger partial charge on any atom is -0.312 e. The highest BCUT2D eigenvalue weighted by atomic mass is 32.1. The quantitative estimate of drug-likeness (QED) is 0.887. The lowest BCUT2D eigenvalue weighted by Crippen LogP contribution is -2.20. The molecule has 0 bridgehead atoms. The fraction of sp³-hybridized carbons (Fsp3) is 0.400. The van der Waals surface area contributed by atoms with E-state index in [1.165, 1.54) is 21.7 Å². The summed E-state index contributed by atoms with van der Waals surface area (Å²) >= 11 is 1.73. The van der Waals surface area contributed by atoms with E-state index in [-0.39, 0.29) is 0 Å². The van der Waals surface area contributed by atoms with Crippen LogP contribution in [-0.2, 0) is 6.54 Å². The molecule has 18 heavy (non-hydrogen) atoms. The zero-order valence-electron chi connectivity index (χ0n) is 11.2. The number of aromatic nitrogens is 1. The highest BCUT2D eigenvalue weighted by molar-refractivity contribution is 7.09. The summed E-state index contributed by atoms with van der Waals surface area (Å²) in [5.41, 5.74) is 4.15. The Morgan fingerprint density at radius 3 is 2.61 bits per heavy atom. The van der Waals surface area contributed by atoms with Crippen LogP contribution in [0, 0.1) is 13.8 Å². The van der Waals surface area contributed by atoms with Gasteiger partial charge in [-0.15, -0.1) is 11.3 Å². The summed E-state index contributed by atoms with van der Waals surface area (Å²) in [7, 11) is 0. The van der Waals surface area contributed by atoms with Crippen LogP contribution < -0.4 is 5.32 Å². The predicted octanol–water partition coefficient (Wildman–Crippen LogP) is 3.65. The molecule has 0 amide bonds. The molecule has 1 unspecified atom stereocenters. The Morgan fingerprint density at radius 1 is 1.28 bits per heavy atom. The number of benzene rings is 1. The van der Waals surface area contributed by atoms with Crippen LogP contribution in [0.5, 0.6) is 0 Å². The second-order valence-electron chi connectivity index (χ2n) is 4.77. The van der Waals surface area contributed by atoms with Crippen molar-refractivity contribution in [1.82, 2.24) is 10.3 Å². The number of thiazole rings is 1. The fourth-order valence-corrected chi connectivity index (χ4v) is 2.81. The topological polar surface area (TPSA) is 24.9 Å². The predicted molar refractivity (Wildman–Crippen MR) is 78.2 cm³/mol. The van der Waals surface area contributed by atoms with Crippen molar-refractivity contribution < 1.29 is 0 Å². The monoisotopic (exact) mass is 260 g/mol. The van der Waals surface area contributed by atoms with E-state index >= 15 is 0 Å². The van der Waals surface area contributed by atoms with Gasteiger partial charge in [-0.1, -0.05) is 25.1 Å². The maximum Gasteiger partial charge on any atom is 0.0965 e. The van der Waals surface area contributed by atoms with E-state index in [0.717, 1.165) is 13.1 Å². The maximum absolute atomic E-state index is 4.36. The maximum atomic E-state index is 4.36. The van der Waals surface area contributed by atoms with Crippen LogP contribution in [0.3, 0.4) is 0 Å². The first-order valence-electron chi connectivity index (χ1n) is 6.33. The van der Waals surface area contributed by atoms with E-state index in [1.54, 1.807) is 11.3 Å². The van der Waals surface area contributed by atoms with E-state index < -0.39 is 0 Å². The van der Waals surface area contributed by atoms with Gasteiger partial charge in [0.15, 0.2) is 0 Å². The molecule has 3 heteroatoms. The zero-order valence-corrected chi connectivity index (χ0v) is 12.1. The molecule has 2 rings (SSSR count). The molecule has 1 heterocycles. The third-order valence-corrected chi connectivity index (χ3v) is 4.28. The molecule has 0 radical (unpaired) electrons. The lowest BCUT2D eigenvalue weighted by molar-refractivity contribution is 0.610. The molecule has 1 aromatic carbocycles. The molecule has 1 atom stereocenters. The molecule has 0 aliphatic heterocycles. The molecule has 0 saturated carbocycles. The third-order valence-electron chi connectivity index (χ3n) is 3.27. The second-order valence-corrected chi connectivity index (χ2v) is 5.70.